The van der Waals surface area contributed by atoms with Gasteiger partial charge in [-0.2, -0.15) is 0 Å². The Morgan fingerprint density at radius 2 is 2.05 bits per heavy atom. The van der Waals surface area contributed by atoms with Crippen LogP contribution in [-0.2, 0) is 6.54 Å². The highest BCUT2D eigenvalue weighted by Crippen LogP contribution is 2.31. The lowest BCUT2D eigenvalue weighted by atomic mass is 9.95. The van der Waals surface area contributed by atoms with Gasteiger partial charge in [0, 0.05) is 31.4 Å². The topological polar surface area (TPSA) is 15.3 Å². The molecule has 0 spiro atoms. The summed E-state index contributed by atoms with van der Waals surface area (Å²) in [6.07, 6.45) is 4.07. The standard InChI is InChI=1S/C18H28N2/c1-13(2)15-8-9-20(12-15)18-7-4-14(3)10-16(18)11-19-17-5-6-17/h4,7,10,13,15,17,19H,5-6,8-9,11-12H2,1-3H3. The van der Waals surface area contributed by atoms with Gasteiger partial charge < -0.3 is 10.2 Å². The fraction of sp³-hybridized carbons (Fsp3) is 0.667. The third kappa shape index (κ3) is 3.17. The van der Waals surface area contributed by atoms with Crippen molar-refractivity contribution in [1.82, 2.24) is 5.32 Å². The van der Waals surface area contributed by atoms with Gasteiger partial charge in [0.1, 0.15) is 0 Å². The number of benzene rings is 1. The molecule has 1 aromatic carbocycles. The van der Waals surface area contributed by atoms with Gasteiger partial charge in [-0.15, -0.1) is 0 Å². The maximum atomic E-state index is 3.67. The summed E-state index contributed by atoms with van der Waals surface area (Å²) in [6, 6.07) is 7.75. The summed E-state index contributed by atoms with van der Waals surface area (Å²) in [6.45, 7) is 10.4. The highest BCUT2D eigenvalue weighted by atomic mass is 15.2. The van der Waals surface area contributed by atoms with Gasteiger partial charge in [-0.25, -0.2) is 0 Å². The molecule has 1 unspecified atom stereocenters. The summed E-state index contributed by atoms with van der Waals surface area (Å²) in [5.74, 6) is 1.67. The summed E-state index contributed by atoms with van der Waals surface area (Å²) in [5, 5.41) is 3.67. The van der Waals surface area contributed by atoms with Crippen molar-refractivity contribution in [2.75, 3.05) is 18.0 Å². The lowest BCUT2D eigenvalue weighted by molar-refractivity contribution is 0.422. The smallest absolute Gasteiger partial charge is 0.0412 e. The van der Waals surface area contributed by atoms with E-state index in [2.05, 4.69) is 49.2 Å². The van der Waals surface area contributed by atoms with Crippen molar-refractivity contribution < 1.29 is 0 Å². The van der Waals surface area contributed by atoms with Gasteiger partial charge in [0.05, 0.1) is 0 Å². The van der Waals surface area contributed by atoms with Gasteiger partial charge in [-0.1, -0.05) is 31.5 Å². The molecule has 1 aromatic rings. The van der Waals surface area contributed by atoms with Crippen molar-refractivity contribution in [2.45, 2.75) is 52.6 Å². The van der Waals surface area contributed by atoms with Crippen LogP contribution in [0.3, 0.4) is 0 Å². The lowest BCUT2D eigenvalue weighted by Gasteiger charge is -2.23. The van der Waals surface area contributed by atoms with Gasteiger partial charge in [-0.05, 0) is 49.7 Å². The van der Waals surface area contributed by atoms with Crippen molar-refractivity contribution in [2.24, 2.45) is 11.8 Å². The maximum Gasteiger partial charge on any atom is 0.0412 e. The Bertz CT molecular complexity index is 462. The van der Waals surface area contributed by atoms with E-state index in [-0.39, 0.29) is 0 Å². The van der Waals surface area contributed by atoms with E-state index >= 15 is 0 Å². The van der Waals surface area contributed by atoms with Gasteiger partial charge in [0.2, 0.25) is 0 Å². The largest absolute Gasteiger partial charge is 0.371 e. The monoisotopic (exact) mass is 272 g/mol. The van der Waals surface area contributed by atoms with Gasteiger partial charge in [0.25, 0.3) is 0 Å². The minimum absolute atomic E-state index is 0.783. The molecule has 2 nitrogen and oxygen atoms in total. The van der Waals surface area contributed by atoms with Gasteiger partial charge in [0.15, 0.2) is 0 Å². The molecule has 1 heterocycles. The van der Waals surface area contributed by atoms with Crippen LogP contribution in [0.15, 0.2) is 18.2 Å². The average Bonchev–Trinajstić information content (AvgIpc) is 3.11. The molecule has 1 aliphatic carbocycles. The first-order chi connectivity index (χ1) is 9.63. The molecule has 0 aromatic heterocycles. The third-order valence-corrected chi connectivity index (χ3v) is 4.90. The van der Waals surface area contributed by atoms with Crippen LogP contribution < -0.4 is 10.2 Å². The molecule has 0 amide bonds. The van der Waals surface area contributed by atoms with Crippen LogP contribution in [-0.4, -0.2) is 19.1 Å². The first kappa shape index (κ1) is 13.9. The first-order valence-electron chi connectivity index (χ1n) is 8.21. The quantitative estimate of drug-likeness (QED) is 0.878. The molecule has 1 aliphatic heterocycles. The third-order valence-electron chi connectivity index (χ3n) is 4.90. The zero-order valence-electron chi connectivity index (χ0n) is 13.2. The second-order valence-corrected chi connectivity index (χ2v) is 7.03. The molecule has 0 radical (unpaired) electrons. The zero-order valence-corrected chi connectivity index (χ0v) is 13.2. The number of nitrogens with one attached hydrogen (secondary N) is 1. The van der Waals surface area contributed by atoms with Gasteiger partial charge in [-0.3, -0.25) is 0 Å². The van der Waals surface area contributed by atoms with Gasteiger partial charge >= 0.3 is 0 Å². The summed E-state index contributed by atoms with van der Waals surface area (Å²) < 4.78 is 0. The molecule has 2 aliphatic rings. The molecule has 110 valence electrons. The molecule has 0 bridgehead atoms. The second-order valence-electron chi connectivity index (χ2n) is 7.03. The average molecular weight is 272 g/mol. The Kier molecular flexibility index (Phi) is 4.02. The Hall–Kier alpha value is -1.02. The van der Waals surface area contributed by atoms with E-state index in [4.69, 9.17) is 0 Å². The van der Waals surface area contributed by atoms with E-state index in [1.54, 1.807) is 0 Å². The van der Waals surface area contributed by atoms with E-state index in [0.717, 1.165) is 24.4 Å². The Morgan fingerprint density at radius 3 is 2.70 bits per heavy atom. The molecule has 1 N–H and O–H groups in total. The van der Waals surface area contributed by atoms with Crippen molar-refractivity contribution in [1.29, 1.82) is 0 Å². The summed E-state index contributed by atoms with van der Waals surface area (Å²) in [7, 11) is 0. The maximum absolute atomic E-state index is 3.67. The summed E-state index contributed by atoms with van der Waals surface area (Å²) >= 11 is 0. The van der Waals surface area contributed by atoms with Crippen LogP contribution >= 0.6 is 0 Å². The molecular weight excluding hydrogens is 244 g/mol. The van der Waals surface area contributed by atoms with Crippen LogP contribution in [0.1, 0.15) is 44.2 Å². The van der Waals surface area contributed by atoms with Crippen molar-refractivity contribution >= 4 is 5.69 Å². The van der Waals surface area contributed by atoms with E-state index in [9.17, 15) is 0 Å². The molecule has 1 saturated carbocycles. The first-order valence-corrected chi connectivity index (χ1v) is 8.21. The van der Waals surface area contributed by atoms with E-state index in [1.165, 1.54) is 49.2 Å². The van der Waals surface area contributed by atoms with Crippen molar-refractivity contribution in [3.8, 4) is 0 Å². The van der Waals surface area contributed by atoms with E-state index < -0.39 is 0 Å². The fourth-order valence-corrected chi connectivity index (χ4v) is 3.26. The minimum atomic E-state index is 0.783. The van der Waals surface area contributed by atoms with E-state index in [0.29, 0.717) is 0 Å². The molecule has 3 rings (SSSR count). The number of hydrogen-bond donors (Lipinski definition) is 1. The number of aryl methyl sites for hydroxylation is 1. The van der Waals surface area contributed by atoms with Crippen molar-refractivity contribution in [3.05, 3.63) is 29.3 Å². The zero-order chi connectivity index (χ0) is 14.1. The lowest BCUT2D eigenvalue weighted by Crippen LogP contribution is -2.24. The highest BCUT2D eigenvalue weighted by molar-refractivity contribution is 5.55. The van der Waals surface area contributed by atoms with Crippen LogP contribution in [0.25, 0.3) is 0 Å². The SMILES string of the molecule is Cc1ccc(N2CCC(C(C)C)C2)c(CNC2CC2)c1. The molecule has 1 saturated heterocycles. The number of nitrogens with zero attached hydrogens (tertiary/aromatic N) is 1. The molecule has 2 fully saturated rings. The normalized spacial score (nSPS) is 22.8. The highest BCUT2D eigenvalue weighted by Gasteiger charge is 2.27. The predicted molar refractivity (Wildman–Crippen MR) is 86.2 cm³/mol. The predicted octanol–water partition coefficient (Wildman–Crippen LogP) is 3.73. The molecule has 2 heteroatoms. The molecular formula is C18H28N2. The minimum Gasteiger partial charge on any atom is -0.371 e. The summed E-state index contributed by atoms with van der Waals surface area (Å²) in [4.78, 5) is 2.61. The number of rotatable bonds is 5. The number of hydrogen-bond acceptors (Lipinski definition) is 2. The van der Waals surface area contributed by atoms with Crippen LogP contribution in [0.4, 0.5) is 5.69 Å². The summed E-state index contributed by atoms with van der Waals surface area (Å²) in [5.41, 5.74) is 4.33. The van der Waals surface area contributed by atoms with Crippen LogP contribution in [0.5, 0.6) is 0 Å². The van der Waals surface area contributed by atoms with Crippen molar-refractivity contribution in [3.63, 3.8) is 0 Å². The fourth-order valence-electron chi connectivity index (χ4n) is 3.26. The number of anilines is 1. The molecule has 1 atom stereocenters. The second kappa shape index (κ2) is 5.77. The van der Waals surface area contributed by atoms with E-state index in [1.807, 2.05) is 0 Å². The Morgan fingerprint density at radius 1 is 1.25 bits per heavy atom. The van der Waals surface area contributed by atoms with Crippen LogP contribution in [0.2, 0.25) is 0 Å². The Labute approximate surface area is 123 Å². The molecule has 20 heavy (non-hydrogen) atoms. The Balaban J connectivity index is 1.74. The van der Waals surface area contributed by atoms with Crippen LogP contribution in [0, 0.1) is 18.8 Å².